The largest absolute Gasteiger partial charge is 0.497 e. The van der Waals surface area contributed by atoms with Crippen LogP contribution >= 0.6 is 0 Å². The van der Waals surface area contributed by atoms with Gasteiger partial charge in [-0.3, -0.25) is 4.79 Å². The van der Waals surface area contributed by atoms with Crippen molar-refractivity contribution in [1.29, 1.82) is 0 Å². The number of benzene rings is 2. The number of nitrogens with one attached hydrogen (secondary N) is 2. The van der Waals surface area contributed by atoms with Gasteiger partial charge in [0.15, 0.2) is 11.5 Å². The molecule has 2 aromatic carbocycles. The van der Waals surface area contributed by atoms with Gasteiger partial charge in [-0.15, -0.1) is 0 Å². The molecule has 0 spiro atoms. The van der Waals surface area contributed by atoms with Crippen LogP contribution in [0.25, 0.3) is 0 Å². The number of hydrogen-bond acceptors (Lipinski definition) is 6. The van der Waals surface area contributed by atoms with Crippen molar-refractivity contribution in [2.75, 3.05) is 26.1 Å². The third-order valence-electron chi connectivity index (χ3n) is 3.81. The molecule has 162 valence electrons. The average molecular weight is 424 g/mol. The van der Waals surface area contributed by atoms with E-state index in [9.17, 15) is 18.4 Å². The van der Waals surface area contributed by atoms with Crippen molar-refractivity contribution in [2.45, 2.75) is 19.6 Å². The van der Waals surface area contributed by atoms with Crippen LogP contribution in [0.4, 0.5) is 19.3 Å². The molecule has 0 aliphatic rings. The number of methoxy groups -OCH3 is 2. The molecule has 0 unspecified atom stereocenters. The SMILES string of the molecule is COc1ccc(NC(=O)NCCC(=O)OCc2ccc(OC(F)F)c(OC)c2)cc1. The van der Waals surface area contributed by atoms with Gasteiger partial charge in [0.2, 0.25) is 0 Å². The average Bonchev–Trinajstić information content (AvgIpc) is 2.73. The van der Waals surface area contributed by atoms with E-state index < -0.39 is 18.6 Å². The van der Waals surface area contributed by atoms with Gasteiger partial charge in [-0.05, 0) is 42.0 Å². The zero-order chi connectivity index (χ0) is 21.9. The second-order valence-corrected chi connectivity index (χ2v) is 5.88. The minimum absolute atomic E-state index is 0.0419. The number of rotatable bonds is 10. The summed E-state index contributed by atoms with van der Waals surface area (Å²) in [5.74, 6) is 0.111. The molecule has 0 aliphatic heterocycles. The number of urea groups is 1. The molecule has 10 heteroatoms. The van der Waals surface area contributed by atoms with E-state index in [0.29, 0.717) is 17.0 Å². The van der Waals surface area contributed by atoms with E-state index >= 15 is 0 Å². The molecule has 0 atom stereocenters. The molecule has 2 rings (SSSR count). The lowest BCUT2D eigenvalue weighted by atomic mass is 10.2. The molecular formula is C20H22F2N2O6. The molecule has 0 saturated heterocycles. The number of carbonyl (C=O) groups excluding carboxylic acids is 2. The maximum atomic E-state index is 12.3. The third-order valence-corrected chi connectivity index (χ3v) is 3.81. The first kappa shape index (κ1) is 22.7. The molecule has 0 fully saturated rings. The summed E-state index contributed by atoms with van der Waals surface area (Å²) >= 11 is 0. The summed E-state index contributed by atoms with van der Waals surface area (Å²) in [5, 5.41) is 5.16. The Bertz CT molecular complexity index is 846. The third kappa shape index (κ3) is 7.46. The second kappa shape index (κ2) is 11.4. The smallest absolute Gasteiger partial charge is 0.387 e. The highest BCUT2D eigenvalue weighted by molar-refractivity contribution is 5.89. The number of carbonyl (C=O) groups is 2. The number of amides is 2. The first-order chi connectivity index (χ1) is 14.4. The van der Waals surface area contributed by atoms with Crippen molar-refractivity contribution in [2.24, 2.45) is 0 Å². The monoisotopic (exact) mass is 424 g/mol. The van der Waals surface area contributed by atoms with Gasteiger partial charge >= 0.3 is 18.6 Å². The normalized spacial score (nSPS) is 10.3. The Kier molecular flexibility index (Phi) is 8.67. The van der Waals surface area contributed by atoms with E-state index in [1.54, 1.807) is 31.4 Å². The lowest BCUT2D eigenvalue weighted by Crippen LogP contribution is -2.30. The standard InChI is InChI=1S/C20H22F2N2O6/c1-27-15-6-4-14(5-7-15)24-20(26)23-10-9-18(25)29-12-13-3-8-16(30-19(21)22)17(11-13)28-2/h3-8,11,19H,9-10,12H2,1-2H3,(H2,23,24,26). The van der Waals surface area contributed by atoms with Crippen LogP contribution in [0, 0.1) is 0 Å². The Balaban J connectivity index is 1.72. The van der Waals surface area contributed by atoms with Gasteiger partial charge in [-0.2, -0.15) is 8.78 Å². The van der Waals surface area contributed by atoms with Crippen molar-refractivity contribution in [3.63, 3.8) is 0 Å². The summed E-state index contributed by atoms with van der Waals surface area (Å²) in [6.07, 6.45) is -0.0419. The maximum absolute atomic E-state index is 12.3. The zero-order valence-corrected chi connectivity index (χ0v) is 16.4. The van der Waals surface area contributed by atoms with Crippen LogP contribution in [-0.2, 0) is 16.1 Å². The summed E-state index contributed by atoms with van der Waals surface area (Å²) in [5.41, 5.74) is 1.11. The number of hydrogen-bond donors (Lipinski definition) is 2. The Hall–Kier alpha value is -3.56. The Morgan fingerprint density at radius 1 is 1.00 bits per heavy atom. The van der Waals surface area contributed by atoms with Gasteiger partial charge < -0.3 is 29.6 Å². The molecule has 0 radical (unpaired) electrons. The number of halogens is 2. The van der Waals surface area contributed by atoms with Crippen LogP contribution in [0.15, 0.2) is 42.5 Å². The molecular weight excluding hydrogens is 402 g/mol. The second-order valence-electron chi connectivity index (χ2n) is 5.88. The lowest BCUT2D eigenvalue weighted by Gasteiger charge is -2.12. The van der Waals surface area contributed by atoms with E-state index in [1.807, 2.05) is 0 Å². The Morgan fingerprint density at radius 3 is 2.37 bits per heavy atom. The lowest BCUT2D eigenvalue weighted by molar-refractivity contribution is -0.144. The minimum atomic E-state index is -2.98. The fourth-order valence-corrected chi connectivity index (χ4v) is 2.36. The molecule has 0 aliphatic carbocycles. The predicted octanol–water partition coefficient (Wildman–Crippen LogP) is 3.56. The quantitative estimate of drug-likeness (QED) is 0.567. The highest BCUT2D eigenvalue weighted by Crippen LogP contribution is 2.29. The van der Waals surface area contributed by atoms with Crippen molar-refractivity contribution in [3.05, 3.63) is 48.0 Å². The van der Waals surface area contributed by atoms with Gasteiger partial charge in [0, 0.05) is 12.2 Å². The van der Waals surface area contributed by atoms with E-state index in [-0.39, 0.29) is 31.1 Å². The van der Waals surface area contributed by atoms with Crippen molar-refractivity contribution in [3.8, 4) is 17.2 Å². The molecule has 30 heavy (non-hydrogen) atoms. The summed E-state index contributed by atoms with van der Waals surface area (Å²) < 4.78 is 44.1. The fraction of sp³-hybridized carbons (Fsp3) is 0.300. The van der Waals surface area contributed by atoms with Gasteiger partial charge in [0.05, 0.1) is 20.6 Å². The topological polar surface area (TPSA) is 95.1 Å². The molecule has 0 saturated carbocycles. The van der Waals surface area contributed by atoms with Crippen LogP contribution in [0.2, 0.25) is 0 Å². The highest BCUT2D eigenvalue weighted by Gasteiger charge is 2.12. The summed E-state index contributed by atoms with van der Waals surface area (Å²) in [6.45, 7) is -2.98. The predicted molar refractivity (Wildman–Crippen MR) is 104 cm³/mol. The Labute approximate surface area is 172 Å². The molecule has 0 heterocycles. The molecule has 0 aromatic heterocycles. The number of esters is 1. The molecule has 8 nitrogen and oxygen atoms in total. The van der Waals surface area contributed by atoms with Gasteiger partial charge in [0.1, 0.15) is 12.4 Å². The molecule has 2 amide bonds. The molecule has 2 aromatic rings. The first-order valence-electron chi connectivity index (χ1n) is 8.87. The van der Waals surface area contributed by atoms with Crippen LogP contribution in [0.1, 0.15) is 12.0 Å². The highest BCUT2D eigenvalue weighted by atomic mass is 19.3. The van der Waals surface area contributed by atoms with Gasteiger partial charge in [-0.1, -0.05) is 6.07 Å². The number of ether oxygens (including phenoxy) is 4. The van der Waals surface area contributed by atoms with Crippen LogP contribution in [-0.4, -0.2) is 39.4 Å². The van der Waals surface area contributed by atoms with E-state index in [1.165, 1.54) is 25.3 Å². The molecule has 0 bridgehead atoms. The van der Waals surface area contributed by atoms with Crippen LogP contribution in [0.3, 0.4) is 0 Å². The van der Waals surface area contributed by atoms with Crippen LogP contribution in [0.5, 0.6) is 17.2 Å². The summed E-state index contributed by atoms with van der Waals surface area (Å²) in [7, 11) is 2.85. The number of alkyl halides is 2. The summed E-state index contributed by atoms with van der Waals surface area (Å²) in [6, 6.07) is 10.5. The Morgan fingerprint density at radius 2 is 1.73 bits per heavy atom. The summed E-state index contributed by atoms with van der Waals surface area (Å²) in [4.78, 5) is 23.7. The van der Waals surface area contributed by atoms with E-state index in [4.69, 9.17) is 14.2 Å². The van der Waals surface area contributed by atoms with Crippen molar-refractivity contribution >= 4 is 17.7 Å². The van der Waals surface area contributed by atoms with Crippen LogP contribution < -0.4 is 24.8 Å². The minimum Gasteiger partial charge on any atom is -0.497 e. The fourth-order valence-electron chi connectivity index (χ4n) is 2.36. The van der Waals surface area contributed by atoms with Gasteiger partial charge in [-0.25, -0.2) is 4.79 Å². The number of anilines is 1. The maximum Gasteiger partial charge on any atom is 0.387 e. The zero-order valence-electron chi connectivity index (χ0n) is 16.4. The van der Waals surface area contributed by atoms with E-state index in [0.717, 1.165) is 0 Å². The first-order valence-corrected chi connectivity index (χ1v) is 8.87. The van der Waals surface area contributed by atoms with Crippen molar-refractivity contribution < 1.29 is 37.3 Å². The molecule has 2 N–H and O–H groups in total. The van der Waals surface area contributed by atoms with Crippen molar-refractivity contribution in [1.82, 2.24) is 5.32 Å². The van der Waals surface area contributed by atoms with Gasteiger partial charge in [0.25, 0.3) is 0 Å². The van der Waals surface area contributed by atoms with E-state index in [2.05, 4.69) is 15.4 Å².